The van der Waals surface area contributed by atoms with Crippen molar-refractivity contribution in [2.75, 3.05) is 18.5 Å². The Morgan fingerprint density at radius 1 is 1.31 bits per heavy atom. The zero-order valence-electron chi connectivity index (χ0n) is 19.7. The van der Waals surface area contributed by atoms with Crippen LogP contribution in [0, 0.1) is 21.4 Å². The first kappa shape index (κ1) is 25.8. The number of anilines is 1. The van der Waals surface area contributed by atoms with Crippen LogP contribution in [0.4, 0.5) is 5.00 Å². The second-order valence-electron chi connectivity index (χ2n) is 9.42. The van der Waals surface area contributed by atoms with Gasteiger partial charge in [0.1, 0.15) is 6.23 Å². The lowest BCUT2D eigenvalue weighted by Gasteiger charge is -2.36. The fraction of sp³-hybridized carbons (Fsp3) is 0.440. The molecule has 3 aromatic rings. The molecule has 11 heteroatoms. The highest BCUT2D eigenvalue weighted by molar-refractivity contribution is 7.22. The molecular formula is C25H30N4O6S. The number of aromatic nitrogens is 1. The minimum absolute atomic E-state index is 0.00657. The molecule has 4 rings (SSSR count). The molecule has 1 fully saturated rings. The van der Waals surface area contributed by atoms with E-state index in [1.807, 2.05) is 36.4 Å². The maximum atomic E-state index is 12.2. The first-order chi connectivity index (χ1) is 17.3. The van der Waals surface area contributed by atoms with Crippen LogP contribution >= 0.6 is 11.3 Å². The average Bonchev–Trinajstić information content (AvgIpc) is 3.27. The minimum Gasteiger partial charge on any atom is -0.481 e. The van der Waals surface area contributed by atoms with Crippen LogP contribution in [0.2, 0.25) is 0 Å². The van der Waals surface area contributed by atoms with Gasteiger partial charge in [-0.3, -0.25) is 9.78 Å². The van der Waals surface area contributed by atoms with E-state index in [0.29, 0.717) is 32.1 Å². The highest BCUT2D eigenvalue weighted by Gasteiger charge is 2.42. The van der Waals surface area contributed by atoms with Gasteiger partial charge in [-0.15, -0.1) is 21.5 Å². The SMILES string of the molecule is NCC(c1ccc(CC2(C(=O)O)CCC(CO[N+](=O)[O-])CC2)cc1)[C@H](O)Nc1cc2ccncc2s1. The van der Waals surface area contributed by atoms with Crippen molar-refractivity contribution in [3.05, 3.63) is 70.0 Å². The molecule has 1 unspecified atom stereocenters. The third-order valence-electron chi connectivity index (χ3n) is 7.13. The molecule has 1 aliphatic rings. The number of benzene rings is 1. The molecule has 10 nitrogen and oxygen atoms in total. The number of hydrogen-bond donors (Lipinski definition) is 4. The maximum Gasteiger partial charge on any atom is 0.309 e. The maximum absolute atomic E-state index is 12.2. The first-order valence-corrected chi connectivity index (χ1v) is 12.7. The lowest BCUT2D eigenvalue weighted by atomic mass is 9.67. The average molecular weight is 515 g/mol. The van der Waals surface area contributed by atoms with Gasteiger partial charge in [0, 0.05) is 24.9 Å². The highest BCUT2D eigenvalue weighted by atomic mass is 32.1. The van der Waals surface area contributed by atoms with E-state index < -0.39 is 22.7 Å². The summed E-state index contributed by atoms with van der Waals surface area (Å²) in [7, 11) is 0. The van der Waals surface area contributed by atoms with Crippen molar-refractivity contribution in [2.24, 2.45) is 17.1 Å². The number of nitrogens with zero attached hydrogens (tertiary/aromatic N) is 2. The van der Waals surface area contributed by atoms with Crippen molar-refractivity contribution in [2.45, 2.75) is 44.2 Å². The molecule has 0 spiro atoms. The monoisotopic (exact) mass is 514 g/mol. The third-order valence-corrected chi connectivity index (χ3v) is 8.15. The third kappa shape index (κ3) is 5.92. The van der Waals surface area contributed by atoms with E-state index in [1.54, 1.807) is 12.4 Å². The molecule has 0 amide bonds. The Balaban J connectivity index is 1.40. The number of nitrogens with two attached hydrogens (primary N) is 1. The topological polar surface area (TPSA) is 161 Å². The fourth-order valence-corrected chi connectivity index (χ4v) is 5.91. The molecule has 5 N–H and O–H groups in total. The number of carbonyl (C=O) groups is 1. The van der Waals surface area contributed by atoms with Crippen LogP contribution in [0.1, 0.15) is 42.7 Å². The van der Waals surface area contributed by atoms with E-state index >= 15 is 0 Å². The summed E-state index contributed by atoms with van der Waals surface area (Å²) in [6.07, 6.45) is 5.00. The first-order valence-electron chi connectivity index (χ1n) is 11.9. The van der Waals surface area contributed by atoms with Crippen molar-refractivity contribution in [1.29, 1.82) is 0 Å². The highest BCUT2D eigenvalue weighted by Crippen LogP contribution is 2.42. The summed E-state index contributed by atoms with van der Waals surface area (Å²) in [5.41, 5.74) is 6.84. The molecule has 0 radical (unpaired) electrons. The van der Waals surface area contributed by atoms with Gasteiger partial charge in [-0.1, -0.05) is 24.3 Å². The van der Waals surface area contributed by atoms with Crippen molar-refractivity contribution in [3.63, 3.8) is 0 Å². The zero-order valence-corrected chi connectivity index (χ0v) is 20.5. The summed E-state index contributed by atoms with van der Waals surface area (Å²) >= 11 is 1.51. The second-order valence-corrected chi connectivity index (χ2v) is 10.5. The Hall–Kier alpha value is -3.28. The number of pyridine rings is 1. The van der Waals surface area contributed by atoms with Crippen molar-refractivity contribution in [1.82, 2.24) is 4.98 Å². The number of aliphatic hydroxyl groups is 1. The molecule has 1 aliphatic carbocycles. The Morgan fingerprint density at radius 3 is 2.64 bits per heavy atom. The van der Waals surface area contributed by atoms with Gasteiger partial charge in [0.05, 0.1) is 21.7 Å². The van der Waals surface area contributed by atoms with E-state index in [-0.39, 0.29) is 25.0 Å². The number of thiophene rings is 1. The smallest absolute Gasteiger partial charge is 0.309 e. The molecule has 36 heavy (non-hydrogen) atoms. The van der Waals surface area contributed by atoms with Gasteiger partial charge in [-0.25, -0.2) is 0 Å². The molecule has 2 aromatic heterocycles. The number of hydrogen-bond acceptors (Lipinski definition) is 9. The Morgan fingerprint density at radius 2 is 2.03 bits per heavy atom. The largest absolute Gasteiger partial charge is 0.481 e. The van der Waals surface area contributed by atoms with Gasteiger partial charge in [-0.2, -0.15) is 0 Å². The van der Waals surface area contributed by atoms with Gasteiger partial charge < -0.3 is 26.1 Å². The lowest BCUT2D eigenvalue weighted by Crippen LogP contribution is -2.38. The summed E-state index contributed by atoms with van der Waals surface area (Å²) in [5.74, 6) is -1.21. The van der Waals surface area contributed by atoms with E-state index in [4.69, 9.17) is 5.73 Å². The van der Waals surface area contributed by atoms with Crippen LogP contribution in [0.5, 0.6) is 0 Å². The molecule has 0 aliphatic heterocycles. The molecule has 1 aromatic carbocycles. The number of fused-ring (bicyclic) bond motifs is 1. The second kappa shape index (κ2) is 11.2. The fourth-order valence-electron chi connectivity index (χ4n) is 4.95. The Bertz CT molecular complexity index is 1160. The van der Waals surface area contributed by atoms with Gasteiger partial charge in [0.2, 0.25) is 0 Å². The molecule has 2 atom stereocenters. The Labute approximate surface area is 212 Å². The van der Waals surface area contributed by atoms with Crippen LogP contribution in [0.25, 0.3) is 10.1 Å². The summed E-state index contributed by atoms with van der Waals surface area (Å²) < 4.78 is 1.02. The number of carboxylic acids is 1. The van der Waals surface area contributed by atoms with Crippen LogP contribution in [-0.4, -0.2) is 45.6 Å². The summed E-state index contributed by atoms with van der Waals surface area (Å²) in [4.78, 5) is 31.3. The molecule has 1 saturated carbocycles. The summed E-state index contributed by atoms with van der Waals surface area (Å²) in [6.45, 7) is 0.235. The molecule has 192 valence electrons. The van der Waals surface area contributed by atoms with Crippen molar-refractivity contribution < 1.29 is 24.9 Å². The van der Waals surface area contributed by atoms with Crippen LogP contribution in [0.3, 0.4) is 0 Å². The minimum atomic E-state index is -0.906. The van der Waals surface area contributed by atoms with Gasteiger partial charge in [-0.05, 0) is 66.7 Å². The van der Waals surface area contributed by atoms with E-state index in [0.717, 1.165) is 26.2 Å². The van der Waals surface area contributed by atoms with E-state index in [2.05, 4.69) is 15.1 Å². The van der Waals surface area contributed by atoms with E-state index in [1.165, 1.54) is 11.3 Å². The summed E-state index contributed by atoms with van der Waals surface area (Å²) in [5, 5.41) is 35.5. The number of aliphatic hydroxyl groups excluding tert-OH is 1. The standard InChI is InChI=1S/C25H30N4O6S/c26-13-20(23(30)28-22-11-19-7-10-27-14-21(19)36-22)18-3-1-16(2-4-18)12-25(24(31)32)8-5-17(6-9-25)15-35-29(33)34/h1-4,7,10-11,14,17,20,23,28,30H,5-6,8-9,12-13,15,26H2,(H,31,32)/t17?,20?,23-,25?/m0/s1. The predicted molar refractivity (Wildman–Crippen MR) is 136 cm³/mol. The number of nitrogens with one attached hydrogen (secondary N) is 1. The number of carboxylic acid groups (broad SMARTS) is 1. The quantitative estimate of drug-likeness (QED) is 0.169. The van der Waals surface area contributed by atoms with Gasteiger partial charge >= 0.3 is 5.97 Å². The van der Waals surface area contributed by atoms with Gasteiger partial charge in [0.15, 0.2) is 0 Å². The molecule has 0 saturated heterocycles. The molecule has 0 bridgehead atoms. The number of rotatable bonds is 11. The normalized spacial score (nSPS) is 21.6. The molecule has 2 heterocycles. The van der Waals surface area contributed by atoms with Crippen LogP contribution in [0.15, 0.2) is 48.8 Å². The predicted octanol–water partition coefficient (Wildman–Crippen LogP) is 3.78. The van der Waals surface area contributed by atoms with Crippen LogP contribution in [-0.2, 0) is 16.1 Å². The zero-order chi connectivity index (χ0) is 25.7. The van der Waals surface area contributed by atoms with E-state index in [9.17, 15) is 25.1 Å². The van der Waals surface area contributed by atoms with Gasteiger partial charge in [0.25, 0.3) is 5.09 Å². The number of aliphatic carboxylic acids is 1. The molecular weight excluding hydrogens is 484 g/mol. The van der Waals surface area contributed by atoms with Crippen LogP contribution < -0.4 is 11.1 Å². The Kier molecular flexibility index (Phi) is 8.02. The van der Waals surface area contributed by atoms with Crippen molar-refractivity contribution in [3.8, 4) is 0 Å². The lowest BCUT2D eigenvalue weighted by molar-refractivity contribution is -0.759. The van der Waals surface area contributed by atoms with Crippen molar-refractivity contribution >= 4 is 32.4 Å². The summed E-state index contributed by atoms with van der Waals surface area (Å²) in [6, 6.07) is 11.4.